The highest BCUT2D eigenvalue weighted by Crippen LogP contribution is 2.35. The van der Waals surface area contributed by atoms with Crippen molar-refractivity contribution < 1.29 is 23.4 Å². The smallest absolute Gasteiger partial charge is 0.364 e. The highest BCUT2D eigenvalue weighted by Gasteiger charge is 2.34. The molecule has 0 fully saturated rings. The van der Waals surface area contributed by atoms with Gasteiger partial charge in [0, 0.05) is 10.9 Å². The Labute approximate surface area is 115 Å². The third kappa shape index (κ3) is 2.76. The van der Waals surface area contributed by atoms with E-state index < -0.39 is 18.2 Å². The zero-order valence-corrected chi connectivity index (χ0v) is 10.6. The molecule has 0 spiro atoms. The van der Waals surface area contributed by atoms with Gasteiger partial charge in [-0.25, -0.2) is 4.98 Å². The molecule has 1 heterocycles. The fourth-order valence-electron chi connectivity index (χ4n) is 1.61. The molecule has 2 N–H and O–H groups in total. The fourth-order valence-corrected chi connectivity index (χ4v) is 1.93. The summed E-state index contributed by atoms with van der Waals surface area (Å²) in [7, 11) is 0. The van der Waals surface area contributed by atoms with E-state index in [-0.39, 0.29) is 26.5 Å². The summed E-state index contributed by atoms with van der Waals surface area (Å²) in [5.41, 5.74) is -1.69. The van der Waals surface area contributed by atoms with E-state index in [0.717, 1.165) is 6.07 Å². The van der Waals surface area contributed by atoms with Gasteiger partial charge in [-0.05, 0) is 18.2 Å². The number of rotatable bonds is 1. The van der Waals surface area contributed by atoms with Crippen molar-refractivity contribution in [3.8, 4) is 0 Å². The van der Waals surface area contributed by atoms with Crippen molar-refractivity contribution in [2.75, 3.05) is 0 Å². The van der Waals surface area contributed by atoms with Crippen molar-refractivity contribution in [1.82, 2.24) is 4.98 Å². The Morgan fingerprint density at radius 3 is 2.16 bits per heavy atom. The topological polar surface area (TPSA) is 53.4 Å². The molecule has 0 aliphatic rings. The van der Waals surface area contributed by atoms with Crippen molar-refractivity contribution in [2.45, 2.75) is 12.5 Å². The standard InChI is InChI=1S/C11H6Cl2F3NO2/c12-6-1-4-5(10(18)19)2-9(11(14,15)16)17-8(4)3-7(6)13/h1-3,10,18-19H. The lowest BCUT2D eigenvalue weighted by Gasteiger charge is -2.13. The molecule has 8 heteroatoms. The minimum Gasteiger partial charge on any atom is -0.364 e. The van der Waals surface area contributed by atoms with Gasteiger partial charge in [0.1, 0.15) is 5.69 Å². The van der Waals surface area contributed by atoms with Gasteiger partial charge in [0.15, 0.2) is 6.29 Å². The van der Waals surface area contributed by atoms with Gasteiger partial charge in [-0.15, -0.1) is 0 Å². The number of halogens is 5. The van der Waals surface area contributed by atoms with Crippen LogP contribution in [0.25, 0.3) is 10.9 Å². The molecule has 0 amide bonds. The monoisotopic (exact) mass is 311 g/mol. The third-order valence-electron chi connectivity index (χ3n) is 2.45. The summed E-state index contributed by atoms with van der Waals surface area (Å²) >= 11 is 11.5. The average molecular weight is 312 g/mol. The molecule has 0 radical (unpaired) electrons. The Bertz CT molecular complexity index is 644. The van der Waals surface area contributed by atoms with Gasteiger partial charge in [0.05, 0.1) is 15.6 Å². The highest BCUT2D eigenvalue weighted by molar-refractivity contribution is 6.42. The van der Waals surface area contributed by atoms with Crippen LogP contribution < -0.4 is 0 Å². The van der Waals surface area contributed by atoms with E-state index >= 15 is 0 Å². The lowest BCUT2D eigenvalue weighted by atomic mass is 10.1. The number of aromatic nitrogens is 1. The Kier molecular flexibility index (Phi) is 3.61. The maximum Gasteiger partial charge on any atom is 0.433 e. The van der Waals surface area contributed by atoms with E-state index in [4.69, 9.17) is 33.4 Å². The van der Waals surface area contributed by atoms with Crippen molar-refractivity contribution in [3.05, 3.63) is 39.5 Å². The van der Waals surface area contributed by atoms with Crippen LogP contribution in [0.4, 0.5) is 13.2 Å². The third-order valence-corrected chi connectivity index (χ3v) is 3.17. The molecule has 0 atom stereocenters. The zero-order chi connectivity index (χ0) is 14.4. The predicted molar refractivity (Wildman–Crippen MR) is 63.9 cm³/mol. The van der Waals surface area contributed by atoms with Crippen LogP contribution in [-0.2, 0) is 6.18 Å². The second kappa shape index (κ2) is 4.79. The fraction of sp³-hybridized carbons (Fsp3) is 0.182. The zero-order valence-electron chi connectivity index (χ0n) is 9.04. The first kappa shape index (κ1) is 14.3. The van der Waals surface area contributed by atoms with Crippen LogP contribution in [0, 0.1) is 0 Å². The van der Waals surface area contributed by atoms with Gasteiger partial charge in [0.2, 0.25) is 0 Å². The van der Waals surface area contributed by atoms with E-state index in [0.29, 0.717) is 6.07 Å². The molecule has 2 aromatic rings. The molecular formula is C11H6Cl2F3NO2. The summed E-state index contributed by atoms with van der Waals surface area (Å²) in [6, 6.07) is 2.94. The maximum absolute atomic E-state index is 12.7. The summed E-state index contributed by atoms with van der Waals surface area (Å²) in [5.74, 6) is 0. The largest absolute Gasteiger partial charge is 0.433 e. The minimum absolute atomic E-state index is 0.0272. The summed E-state index contributed by atoms with van der Waals surface area (Å²) in [6.45, 7) is 0. The molecule has 0 unspecified atom stereocenters. The first-order valence-electron chi connectivity index (χ1n) is 4.93. The highest BCUT2D eigenvalue weighted by atomic mass is 35.5. The molecular weight excluding hydrogens is 306 g/mol. The minimum atomic E-state index is -4.70. The van der Waals surface area contributed by atoms with Gasteiger partial charge in [-0.1, -0.05) is 23.2 Å². The van der Waals surface area contributed by atoms with Crippen molar-refractivity contribution in [1.29, 1.82) is 0 Å². The number of hydrogen-bond acceptors (Lipinski definition) is 3. The van der Waals surface area contributed by atoms with Crippen LogP contribution in [-0.4, -0.2) is 15.2 Å². The lowest BCUT2D eigenvalue weighted by molar-refractivity contribution is -0.141. The maximum atomic E-state index is 12.7. The molecule has 102 valence electrons. The first-order valence-corrected chi connectivity index (χ1v) is 5.69. The Morgan fingerprint density at radius 1 is 1.05 bits per heavy atom. The van der Waals surface area contributed by atoms with Crippen LogP contribution in [0.15, 0.2) is 18.2 Å². The van der Waals surface area contributed by atoms with Gasteiger partial charge < -0.3 is 10.2 Å². The van der Waals surface area contributed by atoms with Gasteiger partial charge >= 0.3 is 6.18 Å². The molecule has 0 bridgehead atoms. The number of pyridine rings is 1. The van der Waals surface area contributed by atoms with Gasteiger partial charge in [-0.3, -0.25) is 0 Å². The van der Waals surface area contributed by atoms with E-state index in [1.54, 1.807) is 0 Å². The average Bonchev–Trinajstić information content (AvgIpc) is 2.27. The molecule has 0 aliphatic heterocycles. The Hall–Kier alpha value is -1.08. The molecule has 3 nitrogen and oxygen atoms in total. The van der Waals surface area contributed by atoms with E-state index in [2.05, 4.69) is 4.98 Å². The Balaban J connectivity index is 2.84. The number of hydrogen-bond donors (Lipinski definition) is 2. The van der Waals surface area contributed by atoms with Crippen molar-refractivity contribution in [3.63, 3.8) is 0 Å². The van der Waals surface area contributed by atoms with E-state index in [1.807, 2.05) is 0 Å². The molecule has 19 heavy (non-hydrogen) atoms. The quantitative estimate of drug-likeness (QED) is 0.792. The van der Waals surface area contributed by atoms with Crippen LogP contribution in [0.1, 0.15) is 17.5 Å². The summed E-state index contributed by atoms with van der Waals surface area (Å²) in [5, 5.41) is 18.5. The molecule has 0 aliphatic carbocycles. The molecule has 2 rings (SSSR count). The first-order chi connectivity index (χ1) is 8.70. The van der Waals surface area contributed by atoms with Crippen LogP contribution in [0.5, 0.6) is 0 Å². The van der Waals surface area contributed by atoms with E-state index in [1.165, 1.54) is 6.07 Å². The lowest BCUT2D eigenvalue weighted by Crippen LogP contribution is -2.10. The second-order valence-electron chi connectivity index (χ2n) is 3.75. The number of aliphatic hydroxyl groups is 2. The molecule has 1 aromatic carbocycles. The molecule has 0 saturated carbocycles. The number of alkyl halides is 3. The summed E-state index contributed by atoms with van der Waals surface area (Å²) in [6.07, 6.45) is -6.78. The van der Waals surface area contributed by atoms with Crippen LogP contribution in [0.2, 0.25) is 10.0 Å². The number of benzene rings is 1. The van der Waals surface area contributed by atoms with Gasteiger partial charge in [-0.2, -0.15) is 13.2 Å². The number of fused-ring (bicyclic) bond motifs is 1. The van der Waals surface area contributed by atoms with Crippen molar-refractivity contribution in [2.24, 2.45) is 0 Å². The van der Waals surface area contributed by atoms with Crippen LogP contribution in [0.3, 0.4) is 0 Å². The normalized spacial score (nSPS) is 12.4. The van der Waals surface area contributed by atoms with E-state index in [9.17, 15) is 13.2 Å². The second-order valence-corrected chi connectivity index (χ2v) is 4.57. The van der Waals surface area contributed by atoms with Gasteiger partial charge in [0.25, 0.3) is 0 Å². The van der Waals surface area contributed by atoms with Crippen LogP contribution >= 0.6 is 23.2 Å². The summed E-state index contributed by atoms with van der Waals surface area (Å²) < 4.78 is 38.0. The molecule has 0 saturated heterocycles. The predicted octanol–water partition coefficient (Wildman–Crippen LogP) is 3.54. The number of nitrogens with zero attached hydrogens (tertiary/aromatic N) is 1. The SMILES string of the molecule is OC(O)c1cc(C(F)(F)F)nc2cc(Cl)c(Cl)cc12. The Morgan fingerprint density at radius 2 is 1.63 bits per heavy atom. The number of aliphatic hydroxyl groups excluding tert-OH is 1. The summed E-state index contributed by atoms with van der Waals surface area (Å²) in [4.78, 5) is 3.40. The van der Waals surface area contributed by atoms with Crippen molar-refractivity contribution >= 4 is 34.1 Å². The molecule has 1 aromatic heterocycles.